The van der Waals surface area contributed by atoms with Crippen LogP contribution in [0.1, 0.15) is 146 Å². The predicted molar refractivity (Wildman–Crippen MR) is 150 cm³/mol. The van der Waals surface area contributed by atoms with E-state index in [0.29, 0.717) is 6.61 Å². The topological polar surface area (TPSA) is 26.3 Å². The van der Waals surface area contributed by atoms with Gasteiger partial charge < -0.3 is 9.22 Å². The lowest BCUT2D eigenvalue weighted by atomic mass is 9.72. The number of hydrogen-bond acceptors (Lipinski definition) is 2. The minimum atomic E-state index is -0.0716. The Balaban J connectivity index is 4.99. The van der Waals surface area contributed by atoms with Crippen molar-refractivity contribution in [3.8, 4) is 0 Å². The highest BCUT2D eigenvalue weighted by molar-refractivity contribution is 5.73. The molecule has 0 heterocycles. The molecule has 0 aromatic rings. The second-order valence-corrected chi connectivity index (χ2v) is 13.3. The Morgan fingerprint density at radius 1 is 0.647 bits per heavy atom. The molecule has 0 aliphatic rings. The third kappa shape index (κ3) is 16.2. The number of carbonyl (C=O) groups excluding carboxylic acids is 1. The molecule has 1 unspecified atom stereocenters. The van der Waals surface area contributed by atoms with Gasteiger partial charge >= 0.3 is 5.97 Å². The molecule has 0 rings (SSSR count). The number of rotatable bonds is 20. The third-order valence-electron chi connectivity index (χ3n) is 7.41. The molecule has 1 atom stereocenters. The van der Waals surface area contributed by atoms with Crippen LogP contribution in [0.5, 0.6) is 0 Å². The van der Waals surface area contributed by atoms with E-state index in [9.17, 15) is 4.79 Å². The predicted octanol–water partition coefficient (Wildman–Crippen LogP) is 9.19. The van der Waals surface area contributed by atoms with Crippen LogP contribution in [0.2, 0.25) is 0 Å². The molecule has 0 aromatic carbocycles. The highest BCUT2D eigenvalue weighted by atomic mass is 16.5. The Morgan fingerprint density at radius 2 is 1.09 bits per heavy atom. The van der Waals surface area contributed by atoms with Crippen LogP contribution in [0.3, 0.4) is 0 Å². The maximum absolute atomic E-state index is 13.2. The van der Waals surface area contributed by atoms with Crippen molar-refractivity contribution < 1.29 is 14.0 Å². The van der Waals surface area contributed by atoms with Crippen molar-refractivity contribution in [3.05, 3.63) is 0 Å². The largest absolute Gasteiger partial charge is 0.459 e. The summed E-state index contributed by atoms with van der Waals surface area (Å²) in [6.07, 6.45) is 16.8. The number of ether oxygens (including phenoxy) is 1. The number of carbonyl (C=O) groups is 1. The molecule has 0 saturated heterocycles. The van der Waals surface area contributed by atoms with E-state index in [1.165, 1.54) is 96.7 Å². The van der Waals surface area contributed by atoms with E-state index >= 15 is 0 Å². The summed E-state index contributed by atoms with van der Waals surface area (Å²) in [5.41, 5.74) is 0.0490. The van der Waals surface area contributed by atoms with Gasteiger partial charge in [-0.05, 0) is 42.9 Å². The summed E-state index contributed by atoms with van der Waals surface area (Å²) in [7, 11) is 0. The van der Waals surface area contributed by atoms with Gasteiger partial charge in [0.25, 0.3) is 0 Å². The van der Waals surface area contributed by atoms with Crippen LogP contribution in [0, 0.1) is 16.7 Å². The smallest absolute Gasteiger partial charge is 0.309 e. The van der Waals surface area contributed by atoms with E-state index in [4.69, 9.17) is 4.74 Å². The lowest BCUT2D eigenvalue weighted by Crippen LogP contribution is -2.52. The Hall–Kier alpha value is -0.570. The van der Waals surface area contributed by atoms with Gasteiger partial charge in [0.05, 0.1) is 25.6 Å². The van der Waals surface area contributed by atoms with Gasteiger partial charge in [-0.25, -0.2) is 0 Å². The van der Waals surface area contributed by atoms with Crippen molar-refractivity contribution in [2.75, 3.05) is 32.8 Å². The molecule has 0 bridgehead atoms. The van der Waals surface area contributed by atoms with E-state index in [-0.39, 0.29) is 22.7 Å². The number of quaternary nitrogens is 1. The lowest BCUT2D eigenvalue weighted by molar-refractivity contribution is -0.929. The minimum Gasteiger partial charge on any atom is -0.459 e. The van der Waals surface area contributed by atoms with Gasteiger partial charge in [-0.2, -0.15) is 0 Å². The monoisotopic (exact) mass is 482 g/mol. The number of nitrogens with zero attached hydrogens (tertiary/aromatic N) is 1. The maximum atomic E-state index is 13.2. The van der Waals surface area contributed by atoms with E-state index < -0.39 is 0 Å². The Morgan fingerprint density at radius 3 is 1.53 bits per heavy atom. The molecule has 0 aromatic heterocycles. The first kappa shape index (κ1) is 33.4. The average molecular weight is 483 g/mol. The van der Waals surface area contributed by atoms with Crippen molar-refractivity contribution in [3.63, 3.8) is 0 Å². The molecule has 0 fully saturated rings. The fourth-order valence-electron chi connectivity index (χ4n) is 5.03. The fraction of sp³-hybridized carbons (Fsp3) is 0.968. The van der Waals surface area contributed by atoms with Gasteiger partial charge in [-0.15, -0.1) is 0 Å². The summed E-state index contributed by atoms with van der Waals surface area (Å²) in [5, 5.41) is 0. The molecule has 0 amide bonds. The average Bonchev–Trinajstić information content (AvgIpc) is 2.74. The molecule has 3 heteroatoms. The maximum Gasteiger partial charge on any atom is 0.309 e. The van der Waals surface area contributed by atoms with Gasteiger partial charge in [-0.1, -0.05) is 114 Å². The van der Waals surface area contributed by atoms with Crippen molar-refractivity contribution in [1.82, 2.24) is 0 Å². The zero-order valence-corrected chi connectivity index (χ0v) is 25.1. The van der Waals surface area contributed by atoms with Crippen LogP contribution in [-0.4, -0.2) is 43.2 Å². The Labute approximate surface area is 215 Å². The number of hydrogen-bond donors (Lipinski definition) is 0. The molecule has 0 radical (unpaired) electrons. The molecule has 0 saturated carbocycles. The van der Waals surface area contributed by atoms with Crippen LogP contribution in [0.25, 0.3) is 0 Å². The lowest BCUT2D eigenvalue weighted by Gasteiger charge is -2.39. The summed E-state index contributed by atoms with van der Waals surface area (Å²) in [6, 6.07) is 0. The second kappa shape index (κ2) is 17.8. The van der Waals surface area contributed by atoms with E-state index in [1.807, 2.05) is 0 Å². The quantitative estimate of drug-likeness (QED) is 0.0981. The van der Waals surface area contributed by atoms with E-state index in [2.05, 4.69) is 62.3 Å². The van der Waals surface area contributed by atoms with E-state index in [0.717, 1.165) is 17.4 Å². The van der Waals surface area contributed by atoms with Crippen molar-refractivity contribution >= 4 is 5.97 Å². The summed E-state index contributed by atoms with van der Waals surface area (Å²) in [6.45, 7) is 25.3. The zero-order valence-electron chi connectivity index (χ0n) is 25.1. The zero-order chi connectivity index (χ0) is 26.1. The summed E-state index contributed by atoms with van der Waals surface area (Å²) >= 11 is 0. The highest BCUT2D eigenvalue weighted by Gasteiger charge is 2.36. The van der Waals surface area contributed by atoms with Gasteiger partial charge in [-0.3, -0.25) is 4.79 Å². The SMILES string of the molecule is CCCCCCCCCC[N+](CCCC)(CCCC)CCOC(=O)C(CC(C)(C)C)C(C)(C)C. The molecular formula is C31H64NO2+. The first-order valence-electron chi connectivity index (χ1n) is 14.9. The normalized spacial score (nSPS) is 13.8. The first-order chi connectivity index (χ1) is 15.9. The van der Waals surface area contributed by atoms with Crippen molar-refractivity contribution in [2.24, 2.45) is 16.7 Å². The third-order valence-corrected chi connectivity index (χ3v) is 7.41. The molecule has 3 nitrogen and oxygen atoms in total. The highest BCUT2D eigenvalue weighted by Crippen LogP contribution is 2.36. The molecule has 34 heavy (non-hydrogen) atoms. The van der Waals surface area contributed by atoms with Gasteiger partial charge in [0.15, 0.2) is 0 Å². The summed E-state index contributed by atoms with van der Waals surface area (Å²) in [4.78, 5) is 13.2. The van der Waals surface area contributed by atoms with Crippen LogP contribution in [0.15, 0.2) is 0 Å². The molecule has 0 N–H and O–H groups in total. The standard InChI is InChI=1S/C31H64NO2/c1-10-13-16-17-18-19-20-21-24-32(22-14-11-2,23-15-12-3)25-26-34-29(33)28(31(7,8)9)27-30(4,5)6/h28H,10-27H2,1-9H3/q+1. The Bertz CT molecular complexity index is 493. The van der Waals surface area contributed by atoms with Crippen LogP contribution >= 0.6 is 0 Å². The van der Waals surface area contributed by atoms with Crippen LogP contribution in [0.4, 0.5) is 0 Å². The van der Waals surface area contributed by atoms with Crippen LogP contribution in [-0.2, 0) is 9.53 Å². The molecule has 204 valence electrons. The van der Waals surface area contributed by atoms with Gasteiger partial charge in [0.2, 0.25) is 0 Å². The first-order valence-corrected chi connectivity index (χ1v) is 14.9. The molecule has 0 aliphatic carbocycles. The van der Waals surface area contributed by atoms with Crippen LogP contribution < -0.4 is 0 Å². The fourth-order valence-corrected chi connectivity index (χ4v) is 5.03. The second-order valence-electron chi connectivity index (χ2n) is 13.3. The molecule has 0 spiro atoms. The summed E-state index contributed by atoms with van der Waals surface area (Å²) in [5.74, 6) is -0.0352. The van der Waals surface area contributed by atoms with Crippen molar-refractivity contribution in [2.45, 2.75) is 146 Å². The minimum absolute atomic E-state index is 0.0126. The Kier molecular flexibility index (Phi) is 17.5. The molecular weight excluding hydrogens is 418 g/mol. The van der Waals surface area contributed by atoms with E-state index in [1.54, 1.807) is 0 Å². The van der Waals surface area contributed by atoms with Crippen molar-refractivity contribution in [1.29, 1.82) is 0 Å². The number of esters is 1. The number of unbranched alkanes of at least 4 members (excludes halogenated alkanes) is 9. The van der Waals surface area contributed by atoms with Gasteiger partial charge in [0.1, 0.15) is 13.2 Å². The van der Waals surface area contributed by atoms with Gasteiger partial charge in [0, 0.05) is 0 Å². The molecule has 0 aliphatic heterocycles. The summed E-state index contributed by atoms with van der Waals surface area (Å²) < 4.78 is 7.16.